The fourth-order valence-corrected chi connectivity index (χ4v) is 0.433. The Hall–Kier alpha value is -0.860. The molecule has 0 radical (unpaired) electrons. The minimum atomic E-state index is -4.42. The Balaban J connectivity index is 0. The van der Waals surface area contributed by atoms with Gasteiger partial charge in [0.15, 0.2) is 0 Å². The molecule has 0 aliphatic rings. The number of guanidine groups is 1. The van der Waals surface area contributed by atoms with Gasteiger partial charge in [0.05, 0.1) is 6.61 Å². The van der Waals surface area contributed by atoms with Crippen molar-refractivity contribution in [2.45, 2.75) is 6.92 Å². The summed E-state index contributed by atoms with van der Waals surface area (Å²) in [6.45, 7) is 1.33. The molecule has 0 spiro atoms. The number of rotatable bonds is 2. The van der Waals surface area contributed by atoms with Gasteiger partial charge in [0.2, 0.25) is 10.4 Å². The highest BCUT2D eigenvalue weighted by Crippen LogP contribution is 1.80. The van der Waals surface area contributed by atoms with Crippen molar-refractivity contribution in [1.82, 2.24) is 0 Å². The minimum Gasteiger partial charge on any atom is -0.726 e. The molecule has 0 amide bonds. The highest BCUT2D eigenvalue weighted by atomic mass is 32.3. The smallest absolute Gasteiger partial charge is 0.336 e. The zero-order valence-electron chi connectivity index (χ0n) is 5.98. The molecule has 0 atom stereocenters. The zero-order valence-corrected chi connectivity index (χ0v) is 6.80. The predicted octanol–water partition coefficient (Wildman–Crippen LogP) is -3.50. The second kappa shape index (κ2) is 5.89. The lowest BCUT2D eigenvalue weighted by Gasteiger charge is -2.02. The standard InChI is InChI=1S/C2H6O4S.CH5N3/c1-2-6-7(3,4)5;2-1(3)4/h2H2,1H3,(H,3,4,5);(H5,2,3,4). The van der Waals surface area contributed by atoms with E-state index in [1.165, 1.54) is 6.92 Å². The monoisotopic (exact) mass is 185 g/mol. The third-order valence-corrected chi connectivity index (χ3v) is 0.787. The number of hydrogen-bond donors (Lipinski definition) is 3. The van der Waals surface area contributed by atoms with Gasteiger partial charge < -0.3 is 4.55 Å². The molecule has 0 unspecified atom stereocenters. The average molecular weight is 185 g/mol. The van der Waals surface area contributed by atoms with Crippen LogP contribution in [0.5, 0.6) is 0 Å². The number of hydrogen-bond acceptors (Lipinski definition) is 4. The summed E-state index contributed by atoms with van der Waals surface area (Å²) >= 11 is 0. The molecular formula is C3H11N3O4S. The molecule has 8 heteroatoms. The molecule has 0 bridgehead atoms. The SMILES string of the molecule is CCOS(=O)(=O)[O-].NC(N)=[NH2+]. The molecule has 0 aromatic heterocycles. The average Bonchev–Trinajstić information content (AvgIpc) is 1.58. The largest absolute Gasteiger partial charge is 0.726 e. The molecule has 0 aliphatic carbocycles. The molecule has 7 nitrogen and oxygen atoms in total. The Morgan fingerprint density at radius 3 is 1.91 bits per heavy atom. The van der Waals surface area contributed by atoms with Crippen LogP contribution in [0.15, 0.2) is 0 Å². The van der Waals surface area contributed by atoms with Crippen molar-refractivity contribution in [3.8, 4) is 0 Å². The third-order valence-electron chi connectivity index (χ3n) is 0.262. The summed E-state index contributed by atoms with van der Waals surface area (Å²) in [6, 6.07) is 0. The fraction of sp³-hybridized carbons (Fsp3) is 0.667. The molecule has 0 aliphatic heterocycles. The maximum atomic E-state index is 9.45. The van der Waals surface area contributed by atoms with E-state index in [0.717, 1.165) is 0 Å². The minimum absolute atomic E-state index is 0.0833. The quantitative estimate of drug-likeness (QED) is 0.176. The highest BCUT2D eigenvalue weighted by molar-refractivity contribution is 7.80. The Kier molecular flexibility index (Phi) is 6.85. The summed E-state index contributed by atoms with van der Waals surface area (Å²) in [4.78, 5) is 0. The van der Waals surface area contributed by atoms with Crippen LogP contribution in [0, 0.1) is 0 Å². The van der Waals surface area contributed by atoms with E-state index in [4.69, 9.17) is 0 Å². The van der Waals surface area contributed by atoms with Crippen LogP contribution in [0.1, 0.15) is 6.92 Å². The van der Waals surface area contributed by atoms with Crippen LogP contribution in [0.25, 0.3) is 0 Å². The first-order valence-corrected chi connectivity index (χ1v) is 3.86. The topological polar surface area (TPSA) is 144 Å². The molecule has 11 heavy (non-hydrogen) atoms. The molecule has 0 rings (SSSR count). The lowest BCUT2D eigenvalue weighted by Crippen LogP contribution is -2.51. The van der Waals surface area contributed by atoms with E-state index in [1.807, 2.05) is 0 Å². The van der Waals surface area contributed by atoms with Crippen molar-refractivity contribution in [3.05, 3.63) is 0 Å². The van der Waals surface area contributed by atoms with Crippen LogP contribution in [0.4, 0.5) is 0 Å². The second-order valence-corrected chi connectivity index (χ2v) is 2.37. The van der Waals surface area contributed by atoms with Crippen LogP contribution in [-0.2, 0) is 14.6 Å². The van der Waals surface area contributed by atoms with Gasteiger partial charge in [-0.1, -0.05) is 0 Å². The van der Waals surface area contributed by atoms with E-state index in [-0.39, 0.29) is 12.6 Å². The van der Waals surface area contributed by atoms with E-state index in [2.05, 4.69) is 21.1 Å². The summed E-state index contributed by atoms with van der Waals surface area (Å²) < 4.78 is 32.0. The normalized spacial score (nSPS) is 9.64. The van der Waals surface area contributed by atoms with Gasteiger partial charge in [-0.05, 0) is 6.92 Å². The van der Waals surface area contributed by atoms with E-state index in [9.17, 15) is 13.0 Å². The van der Waals surface area contributed by atoms with Crippen LogP contribution in [-0.4, -0.2) is 25.5 Å². The van der Waals surface area contributed by atoms with Gasteiger partial charge in [0.1, 0.15) is 0 Å². The van der Waals surface area contributed by atoms with Crippen molar-refractivity contribution in [3.63, 3.8) is 0 Å². The lowest BCUT2D eigenvalue weighted by molar-refractivity contribution is -0.116. The maximum absolute atomic E-state index is 9.45. The van der Waals surface area contributed by atoms with Gasteiger partial charge in [-0.15, -0.1) is 0 Å². The van der Waals surface area contributed by atoms with E-state index in [1.54, 1.807) is 0 Å². The van der Waals surface area contributed by atoms with Gasteiger partial charge in [-0.25, -0.2) is 8.42 Å². The summed E-state index contributed by atoms with van der Waals surface area (Å²) in [6.07, 6.45) is 0. The van der Waals surface area contributed by atoms with Crippen LogP contribution in [0.2, 0.25) is 0 Å². The van der Waals surface area contributed by atoms with Gasteiger partial charge in [0.25, 0.3) is 0 Å². The van der Waals surface area contributed by atoms with Gasteiger partial charge in [0, 0.05) is 0 Å². The lowest BCUT2D eigenvalue weighted by atomic mass is 10.9. The fourth-order valence-electron chi connectivity index (χ4n) is 0.144. The molecule has 0 heterocycles. The van der Waals surface area contributed by atoms with Gasteiger partial charge in [-0.2, -0.15) is 0 Å². The summed E-state index contributed by atoms with van der Waals surface area (Å²) in [5.41, 5.74) is 9.17. The molecule has 0 aromatic carbocycles. The van der Waals surface area contributed by atoms with Crippen molar-refractivity contribution >= 4 is 16.4 Å². The molecule has 0 saturated carbocycles. The van der Waals surface area contributed by atoms with Crippen molar-refractivity contribution in [2.24, 2.45) is 11.5 Å². The van der Waals surface area contributed by atoms with Crippen LogP contribution < -0.4 is 16.9 Å². The van der Waals surface area contributed by atoms with Crippen molar-refractivity contribution < 1.29 is 22.6 Å². The Morgan fingerprint density at radius 2 is 1.91 bits per heavy atom. The summed E-state index contributed by atoms with van der Waals surface area (Å²) in [5, 5.41) is 4.58. The molecule has 0 saturated heterocycles. The molecule has 0 aromatic rings. The number of nitrogens with two attached hydrogens (primary N) is 3. The predicted molar refractivity (Wildman–Crippen MR) is 36.6 cm³/mol. The first kappa shape index (κ1) is 12.8. The second-order valence-electron chi connectivity index (χ2n) is 1.31. The molecule has 0 fully saturated rings. The Labute approximate surface area is 64.8 Å². The summed E-state index contributed by atoms with van der Waals surface area (Å²) in [7, 11) is -4.42. The third kappa shape index (κ3) is 47.3. The van der Waals surface area contributed by atoms with Crippen molar-refractivity contribution in [1.29, 1.82) is 0 Å². The van der Waals surface area contributed by atoms with Gasteiger partial charge >= 0.3 is 5.96 Å². The zero-order chi connectivity index (χ0) is 9.49. The molecule has 6 N–H and O–H groups in total. The first-order valence-electron chi connectivity index (χ1n) is 2.53. The van der Waals surface area contributed by atoms with E-state index >= 15 is 0 Å². The highest BCUT2D eigenvalue weighted by Gasteiger charge is 1.85. The Bertz CT molecular complexity index is 195. The maximum Gasteiger partial charge on any atom is 0.336 e. The summed E-state index contributed by atoms with van der Waals surface area (Å²) in [5.74, 6) is -0.0833. The van der Waals surface area contributed by atoms with Gasteiger partial charge in [-0.3, -0.25) is 21.1 Å². The van der Waals surface area contributed by atoms with E-state index in [0.29, 0.717) is 0 Å². The molecular weight excluding hydrogens is 174 g/mol. The van der Waals surface area contributed by atoms with E-state index < -0.39 is 10.4 Å². The van der Waals surface area contributed by atoms with Crippen molar-refractivity contribution in [2.75, 3.05) is 6.61 Å². The molecule has 68 valence electrons. The van der Waals surface area contributed by atoms with Crippen LogP contribution in [0.3, 0.4) is 0 Å². The Morgan fingerprint density at radius 1 is 1.64 bits per heavy atom. The van der Waals surface area contributed by atoms with Crippen LogP contribution >= 0.6 is 0 Å². The first-order chi connectivity index (χ1) is 4.79.